The van der Waals surface area contributed by atoms with Gasteiger partial charge < -0.3 is 10.5 Å². The van der Waals surface area contributed by atoms with E-state index in [9.17, 15) is 0 Å². The molecule has 0 saturated carbocycles. The first-order chi connectivity index (χ1) is 9.02. The lowest BCUT2D eigenvalue weighted by Crippen LogP contribution is -2.04. The molecule has 1 heterocycles. The number of ether oxygens (including phenoxy) is 1. The van der Waals surface area contributed by atoms with Crippen LogP contribution in [0.15, 0.2) is 18.2 Å². The Bertz CT molecular complexity index is 587. The van der Waals surface area contributed by atoms with Gasteiger partial charge in [0.15, 0.2) is 5.75 Å². The van der Waals surface area contributed by atoms with Crippen molar-refractivity contribution < 1.29 is 4.74 Å². The molecule has 0 aliphatic carbocycles. The summed E-state index contributed by atoms with van der Waals surface area (Å²) < 4.78 is 7.79. The Morgan fingerprint density at radius 3 is 2.53 bits per heavy atom. The van der Waals surface area contributed by atoms with Gasteiger partial charge in [-0.05, 0) is 57.0 Å². The van der Waals surface area contributed by atoms with Crippen LogP contribution in [0.2, 0.25) is 0 Å². The van der Waals surface area contributed by atoms with Crippen LogP contribution in [0.1, 0.15) is 22.5 Å². The van der Waals surface area contributed by atoms with Gasteiger partial charge in [-0.15, -0.1) is 0 Å². The smallest absolute Gasteiger partial charge is 0.171 e. The minimum Gasteiger partial charge on any atom is -0.453 e. The number of hydrogen-bond acceptors (Lipinski definition) is 3. The van der Waals surface area contributed by atoms with Crippen LogP contribution < -0.4 is 10.5 Å². The topological polar surface area (TPSA) is 53.1 Å². The molecule has 2 rings (SSSR count). The van der Waals surface area contributed by atoms with Crippen molar-refractivity contribution in [3.63, 3.8) is 0 Å². The van der Waals surface area contributed by atoms with Crippen LogP contribution in [-0.4, -0.2) is 16.3 Å². The SMILES string of the molecule is Cc1cc(Oc2c(C)nn(C)c2C)ccc1CCN. The molecule has 0 saturated heterocycles. The average Bonchev–Trinajstić information content (AvgIpc) is 2.60. The first-order valence-corrected chi connectivity index (χ1v) is 6.50. The Kier molecular flexibility index (Phi) is 3.90. The summed E-state index contributed by atoms with van der Waals surface area (Å²) in [6.45, 7) is 6.71. The molecular formula is C15H21N3O. The summed E-state index contributed by atoms with van der Waals surface area (Å²) in [6.07, 6.45) is 0.900. The number of aromatic nitrogens is 2. The van der Waals surface area contributed by atoms with Crippen LogP contribution >= 0.6 is 0 Å². The molecule has 0 atom stereocenters. The van der Waals surface area contributed by atoms with E-state index in [-0.39, 0.29) is 0 Å². The molecule has 1 aromatic heterocycles. The molecular weight excluding hydrogens is 238 g/mol. The highest BCUT2D eigenvalue weighted by Gasteiger charge is 2.12. The maximum absolute atomic E-state index is 5.96. The number of nitrogens with two attached hydrogens (primary N) is 1. The van der Waals surface area contributed by atoms with Gasteiger partial charge in [0, 0.05) is 7.05 Å². The van der Waals surface area contributed by atoms with E-state index in [1.807, 2.05) is 31.6 Å². The molecule has 0 bridgehead atoms. The largest absolute Gasteiger partial charge is 0.453 e. The van der Waals surface area contributed by atoms with Crippen molar-refractivity contribution >= 4 is 0 Å². The van der Waals surface area contributed by atoms with Crippen LogP contribution in [0.4, 0.5) is 0 Å². The molecule has 0 aliphatic rings. The third-order valence-electron chi connectivity index (χ3n) is 3.39. The zero-order valence-electron chi connectivity index (χ0n) is 12.0. The van der Waals surface area contributed by atoms with E-state index in [4.69, 9.17) is 10.5 Å². The summed E-state index contributed by atoms with van der Waals surface area (Å²) in [5.41, 5.74) is 10.0. The number of aryl methyl sites for hydroxylation is 3. The first-order valence-electron chi connectivity index (χ1n) is 6.50. The molecule has 4 heteroatoms. The van der Waals surface area contributed by atoms with Gasteiger partial charge in [-0.3, -0.25) is 4.68 Å². The monoisotopic (exact) mass is 259 g/mol. The van der Waals surface area contributed by atoms with Crippen molar-refractivity contribution in [2.24, 2.45) is 12.8 Å². The highest BCUT2D eigenvalue weighted by molar-refractivity contribution is 5.40. The fourth-order valence-corrected chi connectivity index (χ4v) is 2.19. The summed E-state index contributed by atoms with van der Waals surface area (Å²) in [6, 6.07) is 6.12. The Morgan fingerprint density at radius 1 is 1.26 bits per heavy atom. The Labute approximate surface area is 114 Å². The molecule has 0 aliphatic heterocycles. The summed E-state index contributed by atoms with van der Waals surface area (Å²) in [5.74, 6) is 1.69. The summed E-state index contributed by atoms with van der Waals surface area (Å²) >= 11 is 0. The standard InChI is InChI=1S/C15H21N3O/c1-10-9-14(6-5-13(10)7-8-16)19-15-11(2)17-18(4)12(15)3/h5-6,9H,7-8,16H2,1-4H3. The fraction of sp³-hybridized carbons (Fsp3) is 0.400. The van der Waals surface area contributed by atoms with Crippen molar-refractivity contribution in [2.45, 2.75) is 27.2 Å². The molecule has 2 N–H and O–H groups in total. The van der Waals surface area contributed by atoms with Crippen molar-refractivity contribution in [1.82, 2.24) is 9.78 Å². The third-order valence-corrected chi connectivity index (χ3v) is 3.39. The minimum atomic E-state index is 0.669. The number of nitrogens with zero attached hydrogens (tertiary/aromatic N) is 2. The van der Waals surface area contributed by atoms with Gasteiger partial charge in [0.25, 0.3) is 0 Å². The van der Waals surface area contributed by atoms with Gasteiger partial charge in [-0.1, -0.05) is 6.07 Å². The van der Waals surface area contributed by atoms with Crippen LogP contribution in [0.3, 0.4) is 0 Å². The van der Waals surface area contributed by atoms with Gasteiger partial charge in [0.2, 0.25) is 0 Å². The van der Waals surface area contributed by atoms with Crippen LogP contribution in [0.25, 0.3) is 0 Å². The van der Waals surface area contributed by atoms with Gasteiger partial charge in [-0.2, -0.15) is 5.10 Å². The average molecular weight is 259 g/mol. The Morgan fingerprint density at radius 2 is 2.00 bits per heavy atom. The van der Waals surface area contributed by atoms with E-state index in [1.54, 1.807) is 0 Å². The predicted octanol–water partition coefficient (Wildman–Crippen LogP) is 2.64. The summed E-state index contributed by atoms with van der Waals surface area (Å²) in [4.78, 5) is 0. The van der Waals surface area contributed by atoms with Crippen molar-refractivity contribution in [3.8, 4) is 11.5 Å². The molecule has 0 radical (unpaired) electrons. The van der Waals surface area contributed by atoms with E-state index in [2.05, 4.69) is 24.2 Å². The van der Waals surface area contributed by atoms with E-state index < -0.39 is 0 Å². The van der Waals surface area contributed by atoms with Crippen molar-refractivity contribution in [1.29, 1.82) is 0 Å². The van der Waals surface area contributed by atoms with Gasteiger partial charge in [-0.25, -0.2) is 0 Å². The van der Waals surface area contributed by atoms with E-state index >= 15 is 0 Å². The van der Waals surface area contributed by atoms with Crippen molar-refractivity contribution in [2.75, 3.05) is 6.54 Å². The van der Waals surface area contributed by atoms with Crippen LogP contribution in [0, 0.1) is 20.8 Å². The number of benzene rings is 1. The van der Waals surface area contributed by atoms with Gasteiger partial charge in [0.1, 0.15) is 11.4 Å². The predicted molar refractivity (Wildman–Crippen MR) is 76.7 cm³/mol. The molecule has 0 fully saturated rings. The lowest BCUT2D eigenvalue weighted by Gasteiger charge is -2.09. The summed E-state index contributed by atoms with van der Waals surface area (Å²) in [5, 5.41) is 4.35. The quantitative estimate of drug-likeness (QED) is 0.918. The molecule has 0 amide bonds. The maximum atomic E-state index is 5.96. The molecule has 2 aromatic rings. The van der Waals surface area contributed by atoms with Crippen molar-refractivity contribution in [3.05, 3.63) is 40.7 Å². The van der Waals surface area contributed by atoms with Gasteiger partial charge >= 0.3 is 0 Å². The third kappa shape index (κ3) is 2.79. The fourth-order valence-electron chi connectivity index (χ4n) is 2.19. The second-order valence-electron chi connectivity index (χ2n) is 4.85. The second kappa shape index (κ2) is 5.45. The maximum Gasteiger partial charge on any atom is 0.171 e. The summed E-state index contributed by atoms with van der Waals surface area (Å²) in [7, 11) is 1.92. The molecule has 0 unspecified atom stereocenters. The molecule has 19 heavy (non-hydrogen) atoms. The van der Waals surface area contributed by atoms with E-state index in [0.29, 0.717) is 6.54 Å². The molecule has 1 aromatic carbocycles. The number of hydrogen-bond donors (Lipinski definition) is 1. The molecule has 102 valence electrons. The first kappa shape index (κ1) is 13.6. The highest BCUT2D eigenvalue weighted by atomic mass is 16.5. The van der Waals surface area contributed by atoms with Crippen LogP contribution in [0.5, 0.6) is 11.5 Å². The zero-order valence-corrected chi connectivity index (χ0v) is 12.0. The Hall–Kier alpha value is -1.81. The normalized spacial score (nSPS) is 10.8. The van der Waals surface area contributed by atoms with Crippen LogP contribution in [-0.2, 0) is 13.5 Å². The van der Waals surface area contributed by atoms with Gasteiger partial charge in [0.05, 0.1) is 5.69 Å². The lowest BCUT2D eigenvalue weighted by atomic mass is 10.1. The van der Waals surface area contributed by atoms with E-state index in [1.165, 1.54) is 11.1 Å². The number of rotatable bonds is 4. The minimum absolute atomic E-state index is 0.669. The molecule has 4 nitrogen and oxygen atoms in total. The van der Waals surface area contributed by atoms with E-state index in [0.717, 1.165) is 29.3 Å². The lowest BCUT2D eigenvalue weighted by molar-refractivity contribution is 0.473. The second-order valence-corrected chi connectivity index (χ2v) is 4.85. The zero-order chi connectivity index (χ0) is 14.0. The Balaban J connectivity index is 2.26. The molecule has 0 spiro atoms. The highest BCUT2D eigenvalue weighted by Crippen LogP contribution is 2.29.